The molecule has 6 heteroatoms. The minimum Gasteiger partial charge on any atom is -0.506 e. The first-order valence-corrected chi connectivity index (χ1v) is 9.87. The monoisotopic (exact) mass is 379 g/mol. The molecule has 0 radical (unpaired) electrons. The second kappa shape index (κ2) is 7.80. The molecule has 2 aromatic carbocycles. The molecule has 5 nitrogen and oxygen atoms in total. The van der Waals surface area contributed by atoms with Gasteiger partial charge >= 0.3 is 0 Å². The third-order valence-corrected chi connectivity index (χ3v) is 5.96. The van der Waals surface area contributed by atoms with Crippen LogP contribution in [0.1, 0.15) is 12.8 Å². The SMILES string of the molecule is O=C(Nc1ccccc1O)C1CCN(c2ncc(-c3ccccc3)s2)CC1. The summed E-state index contributed by atoms with van der Waals surface area (Å²) in [6.45, 7) is 1.61. The number of hydrogen-bond donors (Lipinski definition) is 2. The molecule has 3 aromatic rings. The molecule has 1 aromatic heterocycles. The van der Waals surface area contributed by atoms with Crippen molar-refractivity contribution in [2.45, 2.75) is 12.8 Å². The van der Waals surface area contributed by atoms with Gasteiger partial charge in [0.2, 0.25) is 5.91 Å². The van der Waals surface area contributed by atoms with Crippen LogP contribution in [0.5, 0.6) is 5.75 Å². The highest BCUT2D eigenvalue weighted by Gasteiger charge is 2.26. The molecule has 1 fully saturated rings. The van der Waals surface area contributed by atoms with Gasteiger partial charge in [-0.25, -0.2) is 4.98 Å². The summed E-state index contributed by atoms with van der Waals surface area (Å²) in [6, 6.07) is 17.1. The molecule has 0 atom stereocenters. The molecule has 27 heavy (non-hydrogen) atoms. The fourth-order valence-electron chi connectivity index (χ4n) is 3.29. The first kappa shape index (κ1) is 17.5. The van der Waals surface area contributed by atoms with E-state index >= 15 is 0 Å². The number of aromatic hydroxyl groups is 1. The van der Waals surface area contributed by atoms with Crippen molar-refractivity contribution < 1.29 is 9.90 Å². The number of piperidine rings is 1. The second-order valence-electron chi connectivity index (χ2n) is 6.64. The smallest absolute Gasteiger partial charge is 0.227 e. The molecule has 0 aliphatic carbocycles. The van der Waals surface area contributed by atoms with Crippen LogP contribution in [0.4, 0.5) is 10.8 Å². The Morgan fingerprint density at radius 2 is 1.78 bits per heavy atom. The first-order chi connectivity index (χ1) is 13.2. The van der Waals surface area contributed by atoms with Gasteiger partial charge in [0.15, 0.2) is 5.13 Å². The van der Waals surface area contributed by atoms with E-state index in [-0.39, 0.29) is 17.6 Å². The van der Waals surface area contributed by atoms with Gasteiger partial charge in [-0.3, -0.25) is 4.79 Å². The quantitative estimate of drug-likeness (QED) is 0.661. The minimum absolute atomic E-state index is 0.0275. The van der Waals surface area contributed by atoms with E-state index in [9.17, 15) is 9.90 Å². The molecule has 0 saturated carbocycles. The number of rotatable bonds is 4. The van der Waals surface area contributed by atoms with Crippen molar-refractivity contribution in [3.05, 3.63) is 60.8 Å². The summed E-state index contributed by atoms with van der Waals surface area (Å²) in [5.41, 5.74) is 1.65. The molecule has 0 bridgehead atoms. The average molecular weight is 379 g/mol. The number of nitrogens with one attached hydrogen (secondary N) is 1. The lowest BCUT2D eigenvalue weighted by Gasteiger charge is -2.31. The lowest BCUT2D eigenvalue weighted by atomic mass is 9.96. The van der Waals surface area contributed by atoms with E-state index < -0.39 is 0 Å². The number of benzene rings is 2. The first-order valence-electron chi connectivity index (χ1n) is 9.06. The summed E-state index contributed by atoms with van der Waals surface area (Å²) in [5, 5.41) is 13.7. The zero-order valence-corrected chi connectivity index (χ0v) is 15.7. The fraction of sp³-hybridized carbons (Fsp3) is 0.238. The number of nitrogens with zero attached hydrogens (tertiary/aromatic N) is 2. The van der Waals surface area contributed by atoms with Crippen LogP contribution in [0.3, 0.4) is 0 Å². The van der Waals surface area contributed by atoms with Crippen LogP contribution in [-0.2, 0) is 4.79 Å². The molecule has 0 unspecified atom stereocenters. The maximum atomic E-state index is 12.5. The molecular weight excluding hydrogens is 358 g/mol. The molecule has 0 spiro atoms. The third-order valence-electron chi connectivity index (χ3n) is 4.85. The van der Waals surface area contributed by atoms with Gasteiger partial charge in [-0.05, 0) is 30.5 Å². The summed E-state index contributed by atoms with van der Waals surface area (Å²) in [4.78, 5) is 20.5. The molecule has 1 amide bonds. The predicted octanol–water partition coefficient (Wildman–Crippen LogP) is 4.37. The van der Waals surface area contributed by atoms with E-state index in [1.54, 1.807) is 35.6 Å². The summed E-state index contributed by atoms with van der Waals surface area (Å²) >= 11 is 1.69. The molecule has 1 aliphatic heterocycles. The van der Waals surface area contributed by atoms with Gasteiger partial charge in [-0.2, -0.15) is 0 Å². The van der Waals surface area contributed by atoms with Gasteiger partial charge < -0.3 is 15.3 Å². The van der Waals surface area contributed by atoms with Crippen LogP contribution in [0, 0.1) is 5.92 Å². The summed E-state index contributed by atoms with van der Waals surface area (Å²) in [6.07, 6.45) is 3.48. The highest BCUT2D eigenvalue weighted by molar-refractivity contribution is 7.18. The topological polar surface area (TPSA) is 65.5 Å². The Balaban J connectivity index is 1.36. The van der Waals surface area contributed by atoms with E-state index in [0.717, 1.165) is 35.9 Å². The Morgan fingerprint density at radius 3 is 2.52 bits per heavy atom. The Hall–Kier alpha value is -2.86. The maximum absolute atomic E-state index is 12.5. The zero-order valence-electron chi connectivity index (χ0n) is 14.8. The molecule has 138 valence electrons. The van der Waals surface area contributed by atoms with Gasteiger partial charge in [-0.1, -0.05) is 53.8 Å². The van der Waals surface area contributed by atoms with Crippen molar-refractivity contribution in [2.75, 3.05) is 23.3 Å². The highest BCUT2D eigenvalue weighted by atomic mass is 32.1. The number of amides is 1. The number of carbonyl (C=O) groups is 1. The van der Waals surface area contributed by atoms with Crippen LogP contribution in [-0.4, -0.2) is 29.1 Å². The average Bonchev–Trinajstić information content (AvgIpc) is 3.21. The van der Waals surface area contributed by atoms with Gasteiger partial charge in [0.05, 0.1) is 10.6 Å². The van der Waals surface area contributed by atoms with Crippen molar-refractivity contribution in [3.63, 3.8) is 0 Å². The van der Waals surface area contributed by atoms with Crippen molar-refractivity contribution in [2.24, 2.45) is 5.92 Å². The maximum Gasteiger partial charge on any atom is 0.227 e. The lowest BCUT2D eigenvalue weighted by Crippen LogP contribution is -2.38. The summed E-state index contributed by atoms with van der Waals surface area (Å²) < 4.78 is 0. The van der Waals surface area contributed by atoms with E-state index in [4.69, 9.17) is 0 Å². The number of para-hydroxylation sites is 2. The standard InChI is InChI=1S/C21H21N3O2S/c25-18-9-5-4-8-17(18)23-20(26)16-10-12-24(13-11-16)21-22-14-19(27-21)15-6-2-1-3-7-15/h1-9,14,16,25H,10-13H2,(H,23,26). The Labute approximate surface area is 162 Å². The van der Waals surface area contributed by atoms with Gasteiger partial charge in [0.1, 0.15) is 5.75 Å². The van der Waals surface area contributed by atoms with Crippen LogP contribution in [0.2, 0.25) is 0 Å². The van der Waals surface area contributed by atoms with Crippen LogP contribution >= 0.6 is 11.3 Å². The van der Waals surface area contributed by atoms with Gasteiger partial charge in [0.25, 0.3) is 0 Å². The van der Waals surface area contributed by atoms with Crippen LogP contribution < -0.4 is 10.2 Å². The number of carbonyl (C=O) groups excluding carboxylic acids is 1. The molecule has 2 N–H and O–H groups in total. The van der Waals surface area contributed by atoms with Gasteiger partial charge in [-0.15, -0.1) is 0 Å². The van der Waals surface area contributed by atoms with E-state index in [1.165, 1.54) is 5.56 Å². The largest absolute Gasteiger partial charge is 0.506 e. The number of phenolic OH excluding ortho intramolecular Hbond substituents is 1. The normalized spacial score (nSPS) is 14.9. The molecular formula is C21H21N3O2S. The van der Waals surface area contributed by atoms with E-state index in [1.807, 2.05) is 24.4 Å². The van der Waals surface area contributed by atoms with E-state index in [0.29, 0.717) is 5.69 Å². The molecule has 4 rings (SSSR count). The Bertz CT molecular complexity index is 918. The van der Waals surface area contributed by atoms with Crippen LogP contribution in [0.25, 0.3) is 10.4 Å². The molecule has 1 saturated heterocycles. The van der Waals surface area contributed by atoms with E-state index in [2.05, 4.69) is 27.3 Å². The van der Waals surface area contributed by atoms with Crippen LogP contribution in [0.15, 0.2) is 60.8 Å². The summed E-state index contributed by atoms with van der Waals surface area (Å²) in [7, 11) is 0. The fourth-order valence-corrected chi connectivity index (χ4v) is 4.27. The predicted molar refractivity (Wildman–Crippen MR) is 109 cm³/mol. The summed E-state index contributed by atoms with van der Waals surface area (Å²) in [5.74, 6) is 0.0224. The van der Waals surface area contributed by atoms with Gasteiger partial charge in [0, 0.05) is 25.2 Å². The second-order valence-corrected chi connectivity index (χ2v) is 7.65. The number of anilines is 2. The number of thiazole rings is 1. The molecule has 2 heterocycles. The minimum atomic E-state index is -0.0468. The number of phenols is 1. The van der Waals surface area contributed by atoms with Crippen molar-refractivity contribution in [1.82, 2.24) is 4.98 Å². The van der Waals surface area contributed by atoms with Crippen molar-refractivity contribution >= 4 is 28.1 Å². The number of hydrogen-bond acceptors (Lipinski definition) is 5. The zero-order chi connectivity index (χ0) is 18.6. The highest BCUT2D eigenvalue weighted by Crippen LogP contribution is 2.33. The number of aromatic nitrogens is 1. The van der Waals surface area contributed by atoms with Crippen molar-refractivity contribution in [1.29, 1.82) is 0 Å². The van der Waals surface area contributed by atoms with Crippen molar-refractivity contribution in [3.8, 4) is 16.2 Å². The lowest BCUT2D eigenvalue weighted by molar-refractivity contribution is -0.120. The Kier molecular flexibility index (Phi) is 5.07. The molecule has 1 aliphatic rings. The third kappa shape index (κ3) is 3.95. The Morgan fingerprint density at radius 1 is 1.07 bits per heavy atom.